The average molecular weight is 1270 g/mol. The molecule has 5 aromatic carbocycles. The molecule has 0 radical (unpaired) electrons. The fourth-order valence-electron chi connectivity index (χ4n) is 13.8. The minimum Gasteiger partial charge on any atom is -0.495 e. The number of alkyl carbamates (subject to hydrolysis) is 1. The number of aliphatic hydroxyl groups excluding tert-OH is 1. The number of hydrogen-bond donors (Lipinski definition) is 6. The van der Waals surface area contributed by atoms with Gasteiger partial charge in [-0.05, 0) is 115 Å². The number of aryl methyl sites for hydroxylation is 1. The van der Waals surface area contributed by atoms with E-state index in [9.17, 15) is 39.0 Å². The molecule has 6 heterocycles. The number of aliphatic hydroxyl groups is 1. The summed E-state index contributed by atoms with van der Waals surface area (Å²) in [6.45, 7) is 5.00. The summed E-state index contributed by atoms with van der Waals surface area (Å²) in [5.74, 6) is 4.33. The van der Waals surface area contributed by atoms with Crippen molar-refractivity contribution < 1.29 is 48.4 Å². The van der Waals surface area contributed by atoms with E-state index in [0.717, 1.165) is 125 Å². The van der Waals surface area contributed by atoms with Crippen LogP contribution in [0.4, 0.5) is 21.2 Å². The number of aromatic nitrogens is 4. The Kier molecular flexibility index (Phi) is 17.8. The smallest absolute Gasteiger partial charge is 0.407 e. The highest BCUT2D eigenvalue weighted by atomic mass is 16.5. The summed E-state index contributed by atoms with van der Waals surface area (Å²) in [5.41, 5.74) is 7.88. The van der Waals surface area contributed by atoms with Crippen LogP contribution in [-0.2, 0) is 36.5 Å². The largest absolute Gasteiger partial charge is 0.495 e. The number of hydrogen-bond acceptors (Lipinski definition) is 15. The average Bonchev–Trinajstić information content (AvgIpc) is 1.11. The number of anilines is 2. The van der Waals surface area contributed by atoms with Gasteiger partial charge < -0.3 is 59.7 Å². The molecule has 13 rings (SSSR count). The number of rotatable bonds is 20. The number of urea groups is 1. The Balaban J connectivity index is 0.621. The molecule has 1 saturated carbocycles. The number of pyridine rings is 1. The Hall–Kier alpha value is -9.92. The zero-order valence-corrected chi connectivity index (χ0v) is 52.7. The van der Waals surface area contributed by atoms with Gasteiger partial charge in [-0.15, -0.1) is 0 Å². The van der Waals surface area contributed by atoms with E-state index in [1.54, 1.807) is 36.0 Å². The first-order valence-corrected chi connectivity index (χ1v) is 32.1. The van der Waals surface area contributed by atoms with Gasteiger partial charge in [0.05, 0.1) is 49.7 Å². The van der Waals surface area contributed by atoms with Gasteiger partial charge in [-0.2, -0.15) is 0 Å². The number of fused-ring (bicyclic) bond motifs is 5. The van der Waals surface area contributed by atoms with Crippen LogP contribution in [0.15, 0.2) is 139 Å². The number of carbonyl (C=O) groups is 5. The van der Waals surface area contributed by atoms with Crippen LogP contribution in [0.1, 0.15) is 92.2 Å². The molecule has 484 valence electrons. The van der Waals surface area contributed by atoms with Crippen LogP contribution in [0.25, 0.3) is 44.1 Å². The molecule has 94 heavy (non-hydrogen) atoms. The summed E-state index contributed by atoms with van der Waals surface area (Å²) in [6, 6.07) is 36.7. The van der Waals surface area contributed by atoms with Crippen LogP contribution in [0.3, 0.4) is 0 Å². The van der Waals surface area contributed by atoms with Crippen LogP contribution in [0.2, 0.25) is 0 Å². The Labute approximate surface area is 543 Å². The van der Waals surface area contributed by atoms with Crippen LogP contribution in [-0.4, -0.2) is 159 Å². The molecule has 6 N–H and O–H groups in total. The van der Waals surface area contributed by atoms with Gasteiger partial charge in [0.2, 0.25) is 17.8 Å². The molecule has 3 saturated heterocycles. The number of aromatic amines is 1. The quantitative estimate of drug-likeness (QED) is 0.0395. The van der Waals surface area contributed by atoms with Gasteiger partial charge >= 0.3 is 18.1 Å². The number of carboxylic acids is 1. The number of carbonyl (C=O) groups excluding carboxylic acids is 4. The van der Waals surface area contributed by atoms with Gasteiger partial charge in [0.1, 0.15) is 30.6 Å². The lowest BCUT2D eigenvalue weighted by molar-refractivity contribution is -0.140. The van der Waals surface area contributed by atoms with Crippen LogP contribution >= 0.6 is 0 Å². The van der Waals surface area contributed by atoms with Crippen LogP contribution in [0, 0.1) is 11.8 Å². The summed E-state index contributed by atoms with van der Waals surface area (Å²) in [5, 5.41) is 31.4. The van der Waals surface area contributed by atoms with E-state index in [1.807, 2.05) is 103 Å². The Morgan fingerprint density at radius 3 is 2.26 bits per heavy atom. The number of piperidine rings is 2. The third kappa shape index (κ3) is 12.7. The highest BCUT2D eigenvalue weighted by Crippen LogP contribution is 2.46. The third-order valence-electron chi connectivity index (χ3n) is 19.2. The first-order chi connectivity index (χ1) is 45.6. The number of imide groups is 1. The minimum atomic E-state index is -1.59. The summed E-state index contributed by atoms with van der Waals surface area (Å²) in [7, 11) is 3.22. The van der Waals surface area contributed by atoms with Crippen LogP contribution < -0.4 is 36.0 Å². The molecule has 2 aliphatic carbocycles. The van der Waals surface area contributed by atoms with Crippen molar-refractivity contribution in [1.29, 1.82) is 0 Å². The second kappa shape index (κ2) is 26.6. The normalized spacial score (nSPS) is 17.6. The third-order valence-corrected chi connectivity index (χ3v) is 19.2. The molecule has 5 aliphatic rings. The number of aliphatic carboxylic acids is 1. The lowest BCUT2D eigenvalue weighted by atomic mass is 9.87. The fraction of sp³-hybridized carbons (Fsp3) is 0.361. The molecule has 2 atom stereocenters. The molecule has 4 fully saturated rings. The second-order valence-corrected chi connectivity index (χ2v) is 25.2. The maximum Gasteiger partial charge on any atom is 0.407 e. The number of nitrogens with zero attached hydrogens (tertiary/aromatic N) is 7. The Morgan fingerprint density at radius 1 is 0.830 bits per heavy atom. The van der Waals surface area contributed by atoms with Crippen molar-refractivity contribution in [1.82, 2.24) is 45.3 Å². The lowest BCUT2D eigenvalue weighted by Gasteiger charge is -2.45. The monoisotopic (exact) mass is 1270 g/mol. The lowest BCUT2D eigenvalue weighted by Crippen LogP contribution is -2.57. The van der Waals surface area contributed by atoms with Crippen LogP contribution in [0.5, 0.6) is 5.75 Å². The molecule has 3 aromatic heterocycles. The van der Waals surface area contributed by atoms with Crippen molar-refractivity contribution in [2.45, 2.75) is 93.5 Å². The van der Waals surface area contributed by atoms with Gasteiger partial charge in [0.15, 0.2) is 5.60 Å². The predicted octanol–water partition coefficient (Wildman–Crippen LogP) is 7.98. The van der Waals surface area contributed by atoms with Gasteiger partial charge in [-0.1, -0.05) is 96.8 Å². The van der Waals surface area contributed by atoms with E-state index in [-0.39, 0.29) is 49.3 Å². The van der Waals surface area contributed by atoms with E-state index in [0.29, 0.717) is 46.7 Å². The van der Waals surface area contributed by atoms with Crippen molar-refractivity contribution >= 4 is 63.3 Å². The Bertz CT molecular complexity index is 4310. The number of nitrogens with one attached hydrogen (secondary N) is 4. The van der Waals surface area contributed by atoms with Crippen molar-refractivity contribution in [2.24, 2.45) is 7.05 Å². The highest BCUT2D eigenvalue weighted by Gasteiger charge is 2.45. The van der Waals surface area contributed by atoms with Gasteiger partial charge in [0, 0.05) is 98.0 Å². The first kappa shape index (κ1) is 62.9. The summed E-state index contributed by atoms with van der Waals surface area (Å²) in [4.78, 5) is 99.9. The highest BCUT2D eigenvalue weighted by molar-refractivity contribution is 6.07. The van der Waals surface area contributed by atoms with Gasteiger partial charge in [-0.25, -0.2) is 24.5 Å². The molecule has 3 aliphatic heterocycles. The number of ether oxygens (including phenoxy) is 3. The fourth-order valence-corrected chi connectivity index (χ4v) is 13.8. The molecule has 0 spiro atoms. The molecular formula is C72H75N11O11. The number of benzene rings is 5. The molecule has 22 heteroatoms. The van der Waals surface area contributed by atoms with E-state index >= 15 is 0 Å². The zero-order chi connectivity index (χ0) is 65.3. The summed E-state index contributed by atoms with van der Waals surface area (Å²) in [6.07, 6.45) is 7.21. The van der Waals surface area contributed by atoms with Crippen molar-refractivity contribution in [2.75, 3.05) is 76.1 Å². The standard InChI is InChI=1S/C72H75N11O11/c1-71(75-31-11-12-45-19-24-61(92-3)60(38-45)82-35-28-62(85)83(70(82)91)44-74-66(88)59(40-63(86)87)77-69(90)93-42-57-52-17-9-7-15-50(52)51-16-8-10-18-53(51)57)29-36-80(37-30-71)48-26-33-81(34-27-48)68-76-58-23-20-46(56-41-79(2)67(89)64-54(56)25-32-73-64)39-55(58)65(78-68)72(43-84,94-49-21-22-49)47-13-5-4-6-14-47/h4-10,13-20,23-25,32,38-39,41,48-49,57,59,73,75,84H,21-22,26-31,33-37,40,42-44H2,1-3H3,(H,74,88)(H,77,90)(H,86,87)/t59-,72-/m0/s1. The zero-order valence-electron chi connectivity index (χ0n) is 52.7. The molecule has 8 aromatic rings. The number of carboxylic acid groups (broad SMARTS) is 1. The predicted molar refractivity (Wildman–Crippen MR) is 354 cm³/mol. The van der Waals surface area contributed by atoms with E-state index in [1.165, 1.54) is 12.0 Å². The molecule has 22 nitrogen and oxygen atoms in total. The number of likely N-dealkylation sites (tertiary alicyclic amines) is 1. The van der Waals surface area contributed by atoms with Gasteiger partial charge in [0.25, 0.3) is 5.56 Å². The maximum absolute atomic E-state index is 14.1. The van der Waals surface area contributed by atoms with E-state index < -0.39 is 54.6 Å². The molecule has 0 bridgehead atoms. The molecular weight excluding hydrogens is 1190 g/mol. The van der Waals surface area contributed by atoms with E-state index in [2.05, 4.69) is 55.6 Å². The van der Waals surface area contributed by atoms with Crippen molar-refractivity contribution in [3.8, 4) is 39.8 Å². The number of methoxy groups -OCH3 is 1. The van der Waals surface area contributed by atoms with Crippen molar-refractivity contribution in [3.05, 3.63) is 172 Å². The maximum atomic E-state index is 14.1. The molecule has 0 unspecified atom stereocenters. The number of amides is 5. The van der Waals surface area contributed by atoms with Gasteiger partial charge in [-0.3, -0.25) is 24.1 Å². The second-order valence-electron chi connectivity index (χ2n) is 25.2. The van der Waals surface area contributed by atoms with E-state index in [4.69, 9.17) is 24.2 Å². The summed E-state index contributed by atoms with van der Waals surface area (Å²) < 4.78 is 19.8. The number of H-pyrrole nitrogens is 1. The Morgan fingerprint density at radius 2 is 1.55 bits per heavy atom. The van der Waals surface area contributed by atoms with Crippen molar-refractivity contribution in [3.63, 3.8) is 0 Å². The molecule has 5 amide bonds. The minimum absolute atomic E-state index is 0.0227. The first-order valence-electron chi connectivity index (χ1n) is 32.1. The topological polar surface area (TPSA) is 266 Å². The summed E-state index contributed by atoms with van der Waals surface area (Å²) >= 11 is 0. The SMILES string of the molecule is COc1ccc(C#CCNC2(C)CCN(C3CCN(c4nc([C@@](CO)(OC5CC5)c5ccccc5)c5cc(-c6cn(C)c(=O)c7[nH]ccc67)ccc5n4)CC3)CC2)cc1N1CCC(=O)N(CNC(=O)[C@H](CC(=O)O)NC(=O)OCC2c3ccccc3-c3ccccc32)C1=O.